The van der Waals surface area contributed by atoms with Crippen molar-refractivity contribution in [3.63, 3.8) is 0 Å². The summed E-state index contributed by atoms with van der Waals surface area (Å²) >= 11 is 6.77. The van der Waals surface area contributed by atoms with E-state index in [2.05, 4.69) is 48.1 Å². The topological polar surface area (TPSA) is 147 Å². The number of carbonyl (C=O) groups excluding carboxylic acids is 1. The molecule has 0 spiro atoms. The number of rotatable bonds is 7. The normalized spacial score (nSPS) is 17.7. The van der Waals surface area contributed by atoms with Gasteiger partial charge in [-0.05, 0) is 37.0 Å². The minimum atomic E-state index is -0.0437. The van der Waals surface area contributed by atoms with E-state index in [0.29, 0.717) is 46.9 Å². The van der Waals surface area contributed by atoms with Gasteiger partial charge in [0.15, 0.2) is 17.2 Å². The first-order valence-electron chi connectivity index (χ1n) is 11.3. The van der Waals surface area contributed by atoms with E-state index in [-0.39, 0.29) is 23.6 Å². The monoisotopic (exact) mass is 490 g/mol. The SMILES string of the molecule is CC(=O)N[C@H]1CCN(Cc2cc(C#N)cc(Nc3nc(NC4CC4)c4ncc(C#N)n4n3)c2Cl)C1. The highest BCUT2D eigenvalue weighted by Gasteiger charge is 2.26. The lowest BCUT2D eigenvalue weighted by atomic mass is 10.1. The number of benzene rings is 1. The minimum absolute atomic E-state index is 0.0437. The van der Waals surface area contributed by atoms with Crippen molar-refractivity contribution < 1.29 is 4.79 Å². The predicted molar refractivity (Wildman–Crippen MR) is 129 cm³/mol. The Balaban J connectivity index is 1.44. The van der Waals surface area contributed by atoms with Gasteiger partial charge in [0.2, 0.25) is 11.9 Å². The van der Waals surface area contributed by atoms with Crippen LogP contribution in [0.1, 0.15) is 43.0 Å². The number of hydrogen-bond donors (Lipinski definition) is 3. The van der Waals surface area contributed by atoms with Crippen LogP contribution in [-0.2, 0) is 11.3 Å². The number of amides is 1. The summed E-state index contributed by atoms with van der Waals surface area (Å²) in [5.74, 6) is 0.711. The first kappa shape index (κ1) is 22.8. The second-order valence-electron chi connectivity index (χ2n) is 8.85. The fourth-order valence-corrected chi connectivity index (χ4v) is 4.44. The van der Waals surface area contributed by atoms with Gasteiger partial charge in [0.25, 0.3) is 0 Å². The molecule has 11 nitrogen and oxygen atoms in total. The van der Waals surface area contributed by atoms with Crippen LogP contribution in [0.2, 0.25) is 5.02 Å². The zero-order chi connectivity index (χ0) is 24.5. The number of halogens is 1. The molecule has 1 aliphatic heterocycles. The van der Waals surface area contributed by atoms with Crippen LogP contribution in [0.4, 0.5) is 17.5 Å². The Morgan fingerprint density at radius 2 is 2.06 bits per heavy atom. The molecule has 1 atom stereocenters. The van der Waals surface area contributed by atoms with Gasteiger partial charge in [-0.25, -0.2) is 4.98 Å². The summed E-state index contributed by atoms with van der Waals surface area (Å²) < 4.78 is 1.44. The number of nitriles is 2. The first-order valence-corrected chi connectivity index (χ1v) is 11.7. The maximum atomic E-state index is 11.4. The van der Waals surface area contributed by atoms with Crippen LogP contribution < -0.4 is 16.0 Å². The van der Waals surface area contributed by atoms with Crippen LogP contribution in [0, 0.1) is 22.7 Å². The quantitative estimate of drug-likeness (QED) is 0.454. The van der Waals surface area contributed by atoms with Gasteiger partial charge in [0.05, 0.1) is 28.5 Å². The summed E-state index contributed by atoms with van der Waals surface area (Å²) in [6.45, 7) is 3.58. The van der Waals surface area contributed by atoms with Crippen molar-refractivity contribution in [1.82, 2.24) is 29.8 Å². The van der Waals surface area contributed by atoms with E-state index in [1.807, 2.05) is 0 Å². The number of nitrogens with one attached hydrogen (secondary N) is 3. The molecular formula is C23H23ClN10O. The Hall–Kier alpha value is -3.93. The minimum Gasteiger partial charge on any atom is -0.364 e. The van der Waals surface area contributed by atoms with Crippen molar-refractivity contribution in [2.75, 3.05) is 23.7 Å². The number of carbonyl (C=O) groups is 1. The molecule has 0 bridgehead atoms. The van der Waals surface area contributed by atoms with E-state index in [4.69, 9.17) is 11.6 Å². The van der Waals surface area contributed by atoms with Crippen LogP contribution in [0.3, 0.4) is 0 Å². The van der Waals surface area contributed by atoms with E-state index in [9.17, 15) is 15.3 Å². The fourth-order valence-electron chi connectivity index (χ4n) is 4.23. The van der Waals surface area contributed by atoms with E-state index < -0.39 is 0 Å². The fraction of sp³-hybridized carbons (Fsp3) is 0.391. The van der Waals surface area contributed by atoms with Crippen molar-refractivity contribution in [2.45, 2.75) is 44.8 Å². The Bertz CT molecular complexity index is 1380. The molecule has 2 fully saturated rings. The molecule has 1 saturated carbocycles. The average molecular weight is 491 g/mol. The highest BCUT2D eigenvalue weighted by atomic mass is 35.5. The Labute approximate surface area is 206 Å². The molecule has 0 unspecified atom stereocenters. The number of likely N-dealkylation sites (tertiary alicyclic amines) is 1. The van der Waals surface area contributed by atoms with Crippen molar-refractivity contribution >= 4 is 40.6 Å². The number of nitrogens with zero attached hydrogens (tertiary/aromatic N) is 7. The summed E-state index contributed by atoms with van der Waals surface area (Å²) in [5.41, 5.74) is 2.48. The molecule has 3 aromatic rings. The summed E-state index contributed by atoms with van der Waals surface area (Å²) in [4.78, 5) is 22.4. The maximum Gasteiger partial charge on any atom is 0.247 e. The highest BCUT2D eigenvalue weighted by Crippen LogP contribution is 2.32. The van der Waals surface area contributed by atoms with Gasteiger partial charge in [-0.1, -0.05) is 11.6 Å². The number of imidazole rings is 1. The lowest BCUT2D eigenvalue weighted by Gasteiger charge is -2.19. The smallest absolute Gasteiger partial charge is 0.247 e. The van der Waals surface area contributed by atoms with Gasteiger partial charge >= 0.3 is 0 Å². The predicted octanol–water partition coefficient (Wildman–Crippen LogP) is 2.55. The third-order valence-corrected chi connectivity index (χ3v) is 6.44. The third-order valence-electron chi connectivity index (χ3n) is 5.99. The molecule has 3 N–H and O–H groups in total. The summed E-state index contributed by atoms with van der Waals surface area (Å²) in [6, 6.07) is 8.11. The van der Waals surface area contributed by atoms with E-state index >= 15 is 0 Å². The zero-order valence-electron chi connectivity index (χ0n) is 19.0. The van der Waals surface area contributed by atoms with Gasteiger partial charge in [-0.15, -0.1) is 5.10 Å². The molecule has 3 heterocycles. The maximum absolute atomic E-state index is 11.4. The number of anilines is 3. The average Bonchev–Trinajstić information content (AvgIpc) is 3.38. The largest absolute Gasteiger partial charge is 0.364 e. The van der Waals surface area contributed by atoms with E-state index in [0.717, 1.165) is 31.4 Å². The van der Waals surface area contributed by atoms with Crippen LogP contribution in [0.25, 0.3) is 5.65 Å². The zero-order valence-corrected chi connectivity index (χ0v) is 19.8. The molecule has 12 heteroatoms. The highest BCUT2D eigenvalue weighted by molar-refractivity contribution is 6.34. The second-order valence-corrected chi connectivity index (χ2v) is 9.23. The van der Waals surface area contributed by atoms with Crippen LogP contribution in [0.5, 0.6) is 0 Å². The van der Waals surface area contributed by atoms with Crippen LogP contribution in [-0.4, -0.2) is 55.6 Å². The van der Waals surface area contributed by atoms with Crippen LogP contribution in [0.15, 0.2) is 18.3 Å². The molecule has 178 valence electrons. The molecule has 2 aliphatic rings. The second kappa shape index (κ2) is 9.37. The van der Waals surface area contributed by atoms with Crippen molar-refractivity contribution in [2.24, 2.45) is 0 Å². The van der Waals surface area contributed by atoms with Gasteiger partial charge < -0.3 is 16.0 Å². The molecule has 1 saturated heterocycles. The van der Waals surface area contributed by atoms with E-state index in [1.54, 1.807) is 12.1 Å². The van der Waals surface area contributed by atoms with Gasteiger partial charge in [-0.2, -0.15) is 20.0 Å². The molecule has 1 aromatic carbocycles. The lowest BCUT2D eigenvalue weighted by molar-refractivity contribution is -0.119. The molecule has 0 radical (unpaired) electrons. The molecule has 2 aromatic heterocycles. The van der Waals surface area contributed by atoms with Gasteiger partial charge in [0, 0.05) is 38.6 Å². The number of hydrogen-bond acceptors (Lipinski definition) is 9. The van der Waals surface area contributed by atoms with Crippen molar-refractivity contribution in [1.29, 1.82) is 10.5 Å². The molecule has 5 rings (SSSR count). The summed E-state index contributed by atoms with van der Waals surface area (Å²) in [6.07, 6.45) is 4.40. The third kappa shape index (κ3) is 4.97. The van der Waals surface area contributed by atoms with Crippen LogP contribution >= 0.6 is 11.6 Å². The van der Waals surface area contributed by atoms with Gasteiger partial charge in [0.1, 0.15) is 6.07 Å². The molecule has 35 heavy (non-hydrogen) atoms. The lowest BCUT2D eigenvalue weighted by Crippen LogP contribution is -2.35. The summed E-state index contributed by atoms with van der Waals surface area (Å²) in [5, 5.41) is 33.4. The molecule has 1 aliphatic carbocycles. The number of aromatic nitrogens is 4. The Kier molecular flexibility index (Phi) is 6.12. The Morgan fingerprint density at radius 1 is 1.23 bits per heavy atom. The number of fused-ring (bicyclic) bond motifs is 1. The molecule has 1 amide bonds. The van der Waals surface area contributed by atoms with Crippen molar-refractivity contribution in [3.05, 3.63) is 40.2 Å². The standard InChI is InChI=1S/C23H23ClN10O/c1-13(35)28-17-4-5-33(12-17)11-15-6-14(8-25)7-19(20(15)24)30-23-31-21(29-16-2-3-16)22-27-10-18(9-26)34(22)32-23/h6-7,10,16-17H,2-5,11-12H2,1H3,(H,28,35)(H2,29,30,31,32)/t17-/m0/s1. The van der Waals surface area contributed by atoms with Gasteiger partial charge in [-0.3, -0.25) is 9.69 Å². The van der Waals surface area contributed by atoms with Crippen molar-refractivity contribution in [3.8, 4) is 12.1 Å². The van der Waals surface area contributed by atoms with E-state index in [1.165, 1.54) is 17.6 Å². The first-order chi connectivity index (χ1) is 16.9. The molecular weight excluding hydrogens is 468 g/mol. The summed E-state index contributed by atoms with van der Waals surface area (Å²) in [7, 11) is 0. The Morgan fingerprint density at radius 3 is 2.77 bits per heavy atom.